The van der Waals surface area contributed by atoms with Crippen LogP contribution < -0.4 is 14.2 Å². The van der Waals surface area contributed by atoms with Gasteiger partial charge in [0.05, 0.1) is 20.8 Å². The second-order valence-electron chi connectivity index (χ2n) is 6.93. The van der Waals surface area contributed by atoms with Crippen LogP contribution in [-0.2, 0) is 0 Å². The van der Waals surface area contributed by atoms with Crippen LogP contribution in [0.25, 0.3) is 0 Å². The number of hydrogen-bond acceptors (Lipinski definition) is 4. The molecule has 1 fully saturated rings. The summed E-state index contributed by atoms with van der Waals surface area (Å²) in [6.07, 6.45) is 1.96. The average molecular weight is 369 g/mol. The first-order valence-electron chi connectivity index (χ1n) is 9.31. The molecule has 1 atom stereocenters. The van der Waals surface area contributed by atoms with E-state index in [0.29, 0.717) is 29.6 Å². The highest BCUT2D eigenvalue weighted by Crippen LogP contribution is 2.29. The topological polar surface area (TPSA) is 48.0 Å². The van der Waals surface area contributed by atoms with Crippen LogP contribution in [0.3, 0.4) is 0 Å². The van der Waals surface area contributed by atoms with Gasteiger partial charge < -0.3 is 19.1 Å². The maximum Gasteiger partial charge on any atom is 0.254 e. The molecule has 0 spiro atoms. The molecule has 5 heteroatoms. The minimum Gasteiger partial charge on any atom is -0.494 e. The third kappa shape index (κ3) is 4.73. The van der Waals surface area contributed by atoms with Gasteiger partial charge in [-0.1, -0.05) is 17.7 Å². The number of ether oxygens (including phenoxy) is 3. The summed E-state index contributed by atoms with van der Waals surface area (Å²) < 4.78 is 16.4. The lowest BCUT2D eigenvalue weighted by molar-refractivity contribution is 0.0785. The number of aryl methyl sites for hydroxylation is 1. The molecule has 5 nitrogen and oxygen atoms in total. The van der Waals surface area contributed by atoms with E-state index >= 15 is 0 Å². The lowest BCUT2D eigenvalue weighted by Gasteiger charge is -2.18. The van der Waals surface area contributed by atoms with Crippen molar-refractivity contribution in [1.29, 1.82) is 0 Å². The Morgan fingerprint density at radius 1 is 1.07 bits per heavy atom. The number of carbonyl (C=O) groups excluding carboxylic acids is 1. The van der Waals surface area contributed by atoms with Crippen molar-refractivity contribution in [1.82, 2.24) is 4.90 Å². The van der Waals surface area contributed by atoms with Crippen LogP contribution >= 0.6 is 0 Å². The van der Waals surface area contributed by atoms with Crippen molar-refractivity contribution in [2.24, 2.45) is 5.92 Å². The molecule has 2 aromatic rings. The molecule has 3 rings (SSSR count). The molecule has 2 aromatic carbocycles. The molecule has 1 heterocycles. The smallest absolute Gasteiger partial charge is 0.254 e. The fourth-order valence-corrected chi connectivity index (χ4v) is 3.38. The molecule has 1 amide bonds. The maximum atomic E-state index is 12.8. The highest BCUT2D eigenvalue weighted by atomic mass is 16.5. The summed E-state index contributed by atoms with van der Waals surface area (Å²) in [5, 5.41) is 0. The predicted molar refractivity (Wildman–Crippen MR) is 105 cm³/mol. The zero-order valence-corrected chi connectivity index (χ0v) is 16.2. The van der Waals surface area contributed by atoms with E-state index in [-0.39, 0.29) is 5.91 Å². The fraction of sp³-hybridized carbons (Fsp3) is 0.409. The Kier molecular flexibility index (Phi) is 6.22. The molecule has 0 saturated carbocycles. The van der Waals surface area contributed by atoms with E-state index in [0.717, 1.165) is 31.7 Å². The van der Waals surface area contributed by atoms with Crippen molar-refractivity contribution in [3.63, 3.8) is 0 Å². The van der Waals surface area contributed by atoms with Crippen molar-refractivity contribution < 1.29 is 19.0 Å². The highest BCUT2D eigenvalue weighted by Gasteiger charge is 2.27. The molecule has 1 saturated heterocycles. The molecule has 0 radical (unpaired) electrons. The summed E-state index contributed by atoms with van der Waals surface area (Å²) in [6.45, 7) is 4.28. The molecular formula is C22H27NO4. The molecule has 0 aromatic heterocycles. The van der Waals surface area contributed by atoms with Crippen LogP contribution in [0.2, 0.25) is 0 Å². The highest BCUT2D eigenvalue weighted by molar-refractivity contribution is 5.95. The zero-order valence-electron chi connectivity index (χ0n) is 16.2. The van der Waals surface area contributed by atoms with Crippen molar-refractivity contribution in [2.45, 2.75) is 19.8 Å². The Morgan fingerprint density at radius 3 is 2.52 bits per heavy atom. The maximum absolute atomic E-state index is 12.8. The Balaban J connectivity index is 1.51. The monoisotopic (exact) mass is 369 g/mol. The molecule has 0 bridgehead atoms. The first-order chi connectivity index (χ1) is 13.1. The first kappa shape index (κ1) is 19.1. The minimum atomic E-state index is 0.0397. The van der Waals surface area contributed by atoms with Gasteiger partial charge >= 0.3 is 0 Å². The van der Waals surface area contributed by atoms with Gasteiger partial charge in [0.2, 0.25) is 0 Å². The van der Waals surface area contributed by atoms with Gasteiger partial charge in [0.1, 0.15) is 5.75 Å². The summed E-state index contributed by atoms with van der Waals surface area (Å²) in [6, 6.07) is 13.4. The van der Waals surface area contributed by atoms with Crippen molar-refractivity contribution in [3.05, 3.63) is 53.6 Å². The Morgan fingerprint density at radius 2 is 1.81 bits per heavy atom. The van der Waals surface area contributed by atoms with Gasteiger partial charge in [-0.15, -0.1) is 0 Å². The second kappa shape index (κ2) is 8.80. The van der Waals surface area contributed by atoms with Gasteiger partial charge in [0, 0.05) is 18.7 Å². The molecule has 0 N–H and O–H groups in total. The van der Waals surface area contributed by atoms with Gasteiger partial charge in [0.25, 0.3) is 5.91 Å². The molecule has 1 unspecified atom stereocenters. The number of rotatable bonds is 7. The molecule has 1 aliphatic heterocycles. The Labute approximate surface area is 160 Å². The minimum absolute atomic E-state index is 0.0397. The van der Waals surface area contributed by atoms with Crippen molar-refractivity contribution >= 4 is 5.91 Å². The van der Waals surface area contributed by atoms with Crippen LogP contribution in [-0.4, -0.2) is 44.7 Å². The fourth-order valence-electron chi connectivity index (χ4n) is 3.38. The first-order valence-corrected chi connectivity index (χ1v) is 9.31. The number of amides is 1. The van der Waals surface area contributed by atoms with Crippen LogP contribution in [0.15, 0.2) is 42.5 Å². The van der Waals surface area contributed by atoms with Gasteiger partial charge in [-0.3, -0.25) is 4.79 Å². The molecular weight excluding hydrogens is 342 g/mol. The largest absolute Gasteiger partial charge is 0.494 e. The van der Waals surface area contributed by atoms with Crippen molar-refractivity contribution in [2.75, 3.05) is 33.9 Å². The number of nitrogens with zero attached hydrogens (tertiary/aromatic N) is 1. The van der Waals surface area contributed by atoms with E-state index in [9.17, 15) is 4.79 Å². The van der Waals surface area contributed by atoms with E-state index in [1.165, 1.54) is 5.56 Å². The lowest BCUT2D eigenvalue weighted by atomic mass is 10.1. The van der Waals surface area contributed by atoms with Crippen LogP contribution in [0.4, 0.5) is 0 Å². The molecule has 1 aliphatic rings. The van der Waals surface area contributed by atoms with Gasteiger partial charge in [-0.2, -0.15) is 0 Å². The quantitative estimate of drug-likeness (QED) is 0.742. The average Bonchev–Trinajstić information content (AvgIpc) is 3.17. The standard InChI is InChI=1S/C22H27NO4/c1-16-4-7-19(8-5-16)27-13-11-17-10-12-23(15-17)22(24)18-6-9-20(25-2)21(14-18)26-3/h4-9,14,17H,10-13,15H2,1-3H3. The number of likely N-dealkylation sites (tertiary alicyclic amines) is 1. The summed E-state index contributed by atoms with van der Waals surface area (Å²) in [5.41, 5.74) is 1.85. The van der Waals surface area contributed by atoms with E-state index in [4.69, 9.17) is 14.2 Å². The molecule has 27 heavy (non-hydrogen) atoms. The third-order valence-electron chi connectivity index (χ3n) is 5.02. The number of hydrogen-bond donors (Lipinski definition) is 0. The van der Waals surface area contributed by atoms with E-state index in [1.807, 2.05) is 17.0 Å². The van der Waals surface area contributed by atoms with Crippen LogP contribution in [0, 0.1) is 12.8 Å². The van der Waals surface area contributed by atoms with E-state index in [2.05, 4.69) is 19.1 Å². The number of methoxy groups -OCH3 is 2. The van der Waals surface area contributed by atoms with Crippen LogP contribution in [0.1, 0.15) is 28.8 Å². The zero-order chi connectivity index (χ0) is 19.2. The summed E-state index contributed by atoms with van der Waals surface area (Å²) in [5.74, 6) is 2.61. The Bertz CT molecular complexity index is 772. The summed E-state index contributed by atoms with van der Waals surface area (Å²) in [7, 11) is 3.16. The van der Waals surface area contributed by atoms with Crippen molar-refractivity contribution in [3.8, 4) is 17.2 Å². The summed E-state index contributed by atoms with van der Waals surface area (Å²) in [4.78, 5) is 14.7. The molecule has 144 valence electrons. The normalized spacial score (nSPS) is 16.3. The lowest BCUT2D eigenvalue weighted by Crippen LogP contribution is -2.28. The van der Waals surface area contributed by atoms with E-state index in [1.54, 1.807) is 32.4 Å². The molecule has 0 aliphatic carbocycles. The summed E-state index contributed by atoms with van der Waals surface area (Å²) >= 11 is 0. The second-order valence-corrected chi connectivity index (χ2v) is 6.93. The third-order valence-corrected chi connectivity index (χ3v) is 5.02. The van der Waals surface area contributed by atoms with E-state index < -0.39 is 0 Å². The SMILES string of the molecule is COc1ccc(C(=O)N2CCC(CCOc3ccc(C)cc3)C2)cc1OC. The van der Waals surface area contributed by atoms with Crippen LogP contribution in [0.5, 0.6) is 17.2 Å². The number of benzene rings is 2. The van der Waals surface area contributed by atoms with Gasteiger partial charge in [-0.05, 0) is 56.0 Å². The van der Waals surface area contributed by atoms with Gasteiger partial charge in [-0.25, -0.2) is 0 Å². The number of carbonyl (C=O) groups is 1. The predicted octanol–water partition coefficient (Wildman–Crippen LogP) is 3.94. The Hall–Kier alpha value is -2.69. The van der Waals surface area contributed by atoms with Gasteiger partial charge in [0.15, 0.2) is 11.5 Å².